The normalized spacial score (nSPS) is 12.8. The number of amides is 1. The highest BCUT2D eigenvalue weighted by Crippen LogP contribution is 2.44. The lowest BCUT2D eigenvalue weighted by molar-refractivity contribution is 0.0959. The Bertz CT molecular complexity index is 965. The summed E-state index contributed by atoms with van der Waals surface area (Å²) in [4.78, 5) is 15.0. The molecule has 1 amide bonds. The molecule has 0 atom stereocenters. The van der Waals surface area contributed by atoms with Crippen molar-refractivity contribution in [3.05, 3.63) is 70.4 Å². The van der Waals surface area contributed by atoms with Crippen molar-refractivity contribution in [1.29, 1.82) is 0 Å². The minimum atomic E-state index is -0.185. The molecule has 0 saturated carbocycles. The van der Waals surface area contributed by atoms with Crippen molar-refractivity contribution in [1.82, 2.24) is 5.43 Å². The van der Waals surface area contributed by atoms with E-state index in [1.165, 1.54) is 21.1 Å². The zero-order valence-electron chi connectivity index (χ0n) is 13.4. The highest BCUT2D eigenvalue weighted by atomic mass is 32.2. The van der Waals surface area contributed by atoms with E-state index in [0.717, 1.165) is 22.6 Å². The third kappa shape index (κ3) is 3.31. The van der Waals surface area contributed by atoms with Gasteiger partial charge in [0.15, 0.2) is 0 Å². The van der Waals surface area contributed by atoms with Gasteiger partial charge in [0, 0.05) is 9.79 Å². The number of carbonyl (C=O) groups is 1. The van der Waals surface area contributed by atoms with Gasteiger partial charge in [-0.25, -0.2) is 5.43 Å². The Hall–Kier alpha value is -2.57. The topological polar surface area (TPSA) is 53.5 Å². The van der Waals surface area contributed by atoms with Crippen LogP contribution in [0.15, 0.2) is 74.9 Å². The number of anilines is 2. The number of para-hydroxylation sites is 1. The molecule has 2 N–H and O–H groups in total. The molecule has 0 bridgehead atoms. The van der Waals surface area contributed by atoms with Gasteiger partial charge in [-0.05, 0) is 48.2 Å². The molecular weight excluding hydrogens is 350 g/mol. The SMILES string of the molecule is C/C(=N\NC(=O)c1cccs1)c1ccc2c(c1)Nc1ccccc1S2. The summed E-state index contributed by atoms with van der Waals surface area (Å²) in [6.45, 7) is 1.89. The smallest absolute Gasteiger partial charge is 0.281 e. The summed E-state index contributed by atoms with van der Waals surface area (Å²) in [5.41, 5.74) is 6.51. The molecule has 0 aliphatic carbocycles. The zero-order valence-corrected chi connectivity index (χ0v) is 15.1. The highest BCUT2D eigenvalue weighted by Gasteiger charge is 2.16. The van der Waals surface area contributed by atoms with Crippen LogP contribution >= 0.6 is 23.1 Å². The number of nitrogens with one attached hydrogen (secondary N) is 2. The average Bonchev–Trinajstić information content (AvgIpc) is 3.18. The summed E-state index contributed by atoms with van der Waals surface area (Å²) in [6.07, 6.45) is 0. The Morgan fingerprint density at radius 1 is 1.04 bits per heavy atom. The number of nitrogens with zero attached hydrogens (tertiary/aromatic N) is 1. The van der Waals surface area contributed by atoms with E-state index in [1.54, 1.807) is 17.8 Å². The monoisotopic (exact) mass is 365 g/mol. The first kappa shape index (κ1) is 15.9. The Balaban J connectivity index is 1.54. The molecule has 1 aromatic heterocycles. The molecule has 1 aliphatic heterocycles. The first-order chi connectivity index (χ1) is 12.2. The van der Waals surface area contributed by atoms with E-state index >= 15 is 0 Å². The van der Waals surface area contributed by atoms with Crippen molar-refractivity contribution in [3.63, 3.8) is 0 Å². The van der Waals surface area contributed by atoms with Crippen LogP contribution in [0.3, 0.4) is 0 Å². The van der Waals surface area contributed by atoms with Crippen LogP contribution in [0, 0.1) is 0 Å². The van der Waals surface area contributed by atoms with E-state index in [-0.39, 0.29) is 5.91 Å². The lowest BCUT2D eigenvalue weighted by atomic mass is 10.1. The molecule has 2 aromatic carbocycles. The molecule has 0 spiro atoms. The molecule has 0 saturated heterocycles. The van der Waals surface area contributed by atoms with Crippen molar-refractivity contribution in [2.75, 3.05) is 5.32 Å². The molecule has 0 unspecified atom stereocenters. The van der Waals surface area contributed by atoms with E-state index in [2.05, 4.69) is 40.1 Å². The van der Waals surface area contributed by atoms with E-state index < -0.39 is 0 Å². The van der Waals surface area contributed by atoms with Crippen molar-refractivity contribution in [3.8, 4) is 0 Å². The number of hydrazone groups is 1. The molecular formula is C19H15N3OS2. The predicted molar refractivity (Wildman–Crippen MR) is 104 cm³/mol. The lowest BCUT2D eigenvalue weighted by Gasteiger charge is -2.21. The molecule has 2 heterocycles. The first-order valence-corrected chi connectivity index (χ1v) is 9.47. The van der Waals surface area contributed by atoms with E-state index in [9.17, 15) is 4.79 Å². The number of benzene rings is 2. The molecule has 124 valence electrons. The van der Waals surface area contributed by atoms with Crippen LogP contribution in [0.4, 0.5) is 11.4 Å². The van der Waals surface area contributed by atoms with Crippen molar-refractivity contribution >= 4 is 46.1 Å². The molecule has 1 aliphatic rings. The van der Waals surface area contributed by atoms with Gasteiger partial charge in [-0.1, -0.05) is 36.0 Å². The third-order valence-electron chi connectivity index (χ3n) is 3.84. The molecule has 0 radical (unpaired) electrons. The number of fused-ring (bicyclic) bond motifs is 2. The summed E-state index contributed by atoms with van der Waals surface area (Å²) in [5, 5.41) is 9.57. The maximum atomic E-state index is 12.0. The van der Waals surface area contributed by atoms with Crippen LogP contribution in [-0.2, 0) is 0 Å². The fraction of sp³-hybridized carbons (Fsp3) is 0.0526. The average molecular weight is 365 g/mol. The van der Waals surface area contributed by atoms with Gasteiger partial charge in [0.1, 0.15) is 0 Å². The van der Waals surface area contributed by atoms with Gasteiger partial charge in [-0.3, -0.25) is 4.79 Å². The van der Waals surface area contributed by atoms with Gasteiger partial charge < -0.3 is 5.32 Å². The van der Waals surface area contributed by atoms with Gasteiger partial charge in [0.2, 0.25) is 0 Å². The lowest BCUT2D eigenvalue weighted by Crippen LogP contribution is -2.18. The minimum Gasteiger partial charge on any atom is -0.354 e. The van der Waals surface area contributed by atoms with Crippen LogP contribution in [0.25, 0.3) is 0 Å². The van der Waals surface area contributed by atoms with E-state index in [0.29, 0.717) is 4.88 Å². The maximum Gasteiger partial charge on any atom is 0.281 e. The fourth-order valence-corrected chi connectivity index (χ4v) is 4.11. The van der Waals surface area contributed by atoms with Gasteiger partial charge in [-0.2, -0.15) is 5.10 Å². The standard InChI is InChI=1S/C19H15N3OS2/c1-12(21-22-19(23)18-7-4-10-24-18)13-8-9-17-15(11-13)20-14-5-2-3-6-16(14)25-17/h2-11,20H,1H3,(H,22,23)/b21-12+. The Morgan fingerprint density at radius 3 is 2.72 bits per heavy atom. The van der Waals surface area contributed by atoms with Crippen LogP contribution in [-0.4, -0.2) is 11.6 Å². The van der Waals surface area contributed by atoms with Crippen LogP contribution < -0.4 is 10.7 Å². The minimum absolute atomic E-state index is 0.185. The summed E-state index contributed by atoms with van der Waals surface area (Å²) >= 11 is 3.15. The summed E-state index contributed by atoms with van der Waals surface area (Å²) in [7, 11) is 0. The molecule has 6 heteroatoms. The first-order valence-electron chi connectivity index (χ1n) is 7.77. The summed E-state index contributed by atoms with van der Waals surface area (Å²) < 4.78 is 0. The van der Waals surface area contributed by atoms with Gasteiger partial charge in [-0.15, -0.1) is 11.3 Å². The number of hydrogen-bond acceptors (Lipinski definition) is 5. The van der Waals surface area contributed by atoms with E-state index in [1.807, 2.05) is 36.6 Å². The Labute approximate surface area is 154 Å². The molecule has 4 nitrogen and oxygen atoms in total. The number of carbonyl (C=O) groups excluding carboxylic acids is 1. The third-order valence-corrected chi connectivity index (χ3v) is 5.86. The predicted octanol–water partition coefficient (Wildman–Crippen LogP) is 5.11. The zero-order chi connectivity index (χ0) is 17.2. The second kappa shape index (κ2) is 6.74. The van der Waals surface area contributed by atoms with Crippen molar-refractivity contribution in [2.45, 2.75) is 16.7 Å². The van der Waals surface area contributed by atoms with E-state index in [4.69, 9.17) is 0 Å². The second-order valence-corrected chi connectivity index (χ2v) is 7.58. The Kier molecular flexibility index (Phi) is 4.29. The largest absolute Gasteiger partial charge is 0.354 e. The number of rotatable bonds is 3. The molecule has 0 fully saturated rings. The van der Waals surface area contributed by atoms with Crippen LogP contribution in [0.5, 0.6) is 0 Å². The van der Waals surface area contributed by atoms with Crippen molar-refractivity contribution in [2.24, 2.45) is 5.10 Å². The molecule has 4 rings (SSSR count). The number of hydrogen-bond donors (Lipinski definition) is 2. The summed E-state index contributed by atoms with van der Waals surface area (Å²) in [5.74, 6) is -0.185. The number of thiophene rings is 1. The Morgan fingerprint density at radius 2 is 1.88 bits per heavy atom. The van der Waals surface area contributed by atoms with Crippen LogP contribution in [0.1, 0.15) is 22.2 Å². The van der Waals surface area contributed by atoms with Gasteiger partial charge >= 0.3 is 0 Å². The van der Waals surface area contributed by atoms with Crippen molar-refractivity contribution < 1.29 is 4.79 Å². The van der Waals surface area contributed by atoms with Gasteiger partial charge in [0.25, 0.3) is 5.91 Å². The van der Waals surface area contributed by atoms with Gasteiger partial charge in [0.05, 0.1) is 22.0 Å². The fourth-order valence-electron chi connectivity index (χ4n) is 2.53. The molecule has 25 heavy (non-hydrogen) atoms. The summed E-state index contributed by atoms with van der Waals surface area (Å²) in [6, 6.07) is 18.0. The maximum absolute atomic E-state index is 12.0. The highest BCUT2D eigenvalue weighted by molar-refractivity contribution is 7.99. The second-order valence-electron chi connectivity index (χ2n) is 5.55. The van der Waals surface area contributed by atoms with Crippen LogP contribution in [0.2, 0.25) is 0 Å². The quantitative estimate of drug-likeness (QED) is 0.392. The molecule has 3 aromatic rings.